The predicted octanol–water partition coefficient (Wildman–Crippen LogP) is 14.5. The number of aromatic nitrogens is 3. The third kappa shape index (κ3) is 4.29. The van der Waals surface area contributed by atoms with Crippen LogP contribution in [-0.4, -0.2) is 13.5 Å². The number of rotatable bonds is 5. The zero-order valence-electron chi connectivity index (χ0n) is 31.4. The zero-order chi connectivity index (χ0) is 37.9. The van der Waals surface area contributed by atoms with E-state index in [2.05, 4.69) is 225 Å². The second kappa shape index (κ2) is 11.8. The normalized spacial score (nSPS) is 12.1. The van der Waals surface area contributed by atoms with Gasteiger partial charge in [0.2, 0.25) is 0 Å². The summed E-state index contributed by atoms with van der Waals surface area (Å²) in [6.07, 6.45) is 0. The van der Waals surface area contributed by atoms with Crippen LogP contribution >= 0.6 is 0 Å². The maximum absolute atomic E-state index is 2.46. The quantitative estimate of drug-likeness (QED) is 0.172. The number of hydrogen-bond acceptors (Lipinski definition) is 1. The molecule has 0 unspecified atom stereocenters. The Labute approximate surface area is 333 Å². The molecular formula is C54H34N4. The summed E-state index contributed by atoms with van der Waals surface area (Å²) in [5.74, 6) is 0. The highest BCUT2D eigenvalue weighted by Gasteiger charge is 2.22. The summed E-state index contributed by atoms with van der Waals surface area (Å²) in [4.78, 5) is 2.45. The average Bonchev–Trinajstić information content (AvgIpc) is 4.01. The van der Waals surface area contributed by atoms with Crippen molar-refractivity contribution in [2.75, 3.05) is 4.90 Å². The summed E-state index contributed by atoms with van der Waals surface area (Å²) in [5.41, 5.74) is 14.2. The van der Waals surface area contributed by atoms with Gasteiger partial charge in [-0.1, -0.05) is 109 Å². The number of benzene rings is 9. The van der Waals surface area contributed by atoms with Crippen LogP contribution in [0.25, 0.3) is 93.1 Å². The Hall–Kier alpha value is -7.82. The smallest absolute Gasteiger partial charge is 0.0620 e. The van der Waals surface area contributed by atoms with Gasteiger partial charge in [-0.15, -0.1) is 0 Å². The molecule has 0 aliphatic carbocycles. The molecule has 0 atom stereocenters. The molecule has 0 N–H and O–H groups in total. The Kier molecular flexibility index (Phi) is 6.41. The molecule has 13 rings (SSSR count). The molecule has 0 amide bonds. The summed E-state index contributed by atoms with van der Waals surface area (Å²) in [6.45, 7) is 0. The highest BCUT2D eigenvalue weighted by molar-refractivity contribution is 6.24. The molecule has 0 aliphatic rings. The van der Waals surface area contributed by atoms with Gasteiger partial charge in [0, 0.05) is 71.5 Å². The average molecular weight is 739 g/mol. The van der Waals surface area contributed by atoms with E-state index in [4.69, 9.17) is 0 Å². The predicted molar refractivity (Wildman–Crippen MR) is 244 cm³/mol. The number of para-hydroxylation sites is 6. The second-order valence-corrected chi connectivity index (χ2v) is 15.4. The minimum Gasteiger partial charge on any atom is -0.310 e. The van der Waals surface area contributed by atoms with Crippen LogP contribution in [0, 0.1) is 0 Å². The van der Waals surface area contributed by atoms with Crippen molar-refractivity contribution >= 4 is 98.8 Å². The Balaban J connectivity index is 1.09. The van der Waals surface area contributed by atoms with Gasteiger partial charge >= 0.3 is 0 Å². The molecule has 0 bridgehead atoms. The van der Waals surface area contributed by atoms with E-state index in [0.717, 1.165) is 28.4 Å². The largest absolute Gasteiger partial charge is 0.310 e. The molecule has 0 fully saturated rings. The van der Waals surface area contributed by atoms with Crippen molar-refractivity contribution < 1.29 is 0 Å². The lowest BCUT2D eigenvalue weighted by Crippen LogP contribution is -2.10. The molecule has 270 valence electrons. The Morgan fingerprint density at radius 2 is 0.603 bits per heavy atom. The molecule has 0 saturated heterocycles. The lowest BCUT2D eigenvalue weighted by molar-refractivity contribution is 1.18. The maximum Gasteiger partial charge on any atom is 0.0620 e. The first-order valence-electron chi connectivity index (χ1n) is 19.9. The van der Waals surface area contributed by atoms with Gasteiger partial charge in [0.1, 0.15) is 0 Å². The minimum atomic E-state index is 1.11. The van der Waals surface area contributed by atoms with Gasteiger partial charge in [-0.05, 0) is 97.1 Å². The van der Waals surface area contributed by atoms with E-state index in [-0.39, 0.29) is 0 Å². The first-order valence-corrected chi connectivity index (χ1v) is 19.9. The molecule has 4 heterocycles. The molecule has 58 heavy (non-hydrogen) atoms. The van der Waals surface area contributed by atoms with Crippen molar-refractivity contribution in [1.82, 2.24) is 13.5 Å². The van der Waals surface area contributed by atoms with Gasteiger partial charge in [0.05, 0.1) is 38.6 Å². The van der Waals surface area contributed by atoms with E-state index in [0.29, 0.717) is 0 Å². The molecule has 4 heteroatoms. The van der Waals surface area contributed by atoms with E-state index in [9.17, 15) is 0 Å². The first-order chi connectivity index (χ1) is 28.8. The van der Waals surface area contributed by atoms with E-state index in [1.807, 2.05) is 0 Å². The summed E-state index contributed by atoms with van der Waals surface area (Å²) in [6, 6.07) is 75.5. The van der Waals surface area contributed by atoms with Gasteiger partial charge in [0.25, 0.3) is 0 Å². The number of hydrogen-bond donors (Lipinski definition) is 0. The van der Waals surface area contributed by atoms with Crippen LogP contribution in [0.5, 0.6) is 0 Å². The lowest BCUT2D eigenvalue weighted by atomic mass is 10.1. The molecule has 4 aromatic heterocycles. The van der Waals surface area contributed by atoms with Crippen LogP contribution < -0.4 is 4.90 Å². The molecule has 0 spiro atoms. The van der Waals surface area contributed by atoms with Gasteiger partial charge in [-0.25, -0.2) is 0 Å². The van der Waals surface area contributed by atoms with Crippen LogP contribution in [0.2, 0.25) is 0 Å². The second-order valence-electron chi connectivity index (χ2n) is 15.4. The van der Waals surface area contributed by atoms with E-state index in [1.54, 1.807) is 0 Å². The Morgan fingerprint density at radius 3 is 1.12 bits per heavy atom. The van der Waals surface area contributed by atoms with E-state index < -0.39 is 0 Å². The van der Waals surface area contributed by atoms with Gasteiger partial charge in [-0.2, -0.15) is 0 Å². The van der Waals surface area contributed by atoms with Crippen molar-refractivity contribution in [2.24, 2.45) is 0 Å². The van der Waals surface area contributed by atoms with Crippen LogP contribution in [0.3, 0.4) is 0 Å². The fourth-order valence-corrected chi connectivity index (χ4v) is 9.92. The number of nitrogens with zero attached hydrogens (tertiary/aromatic N) is 4. The minimum absolute atomic E-state index is 1.11. The third-order valence-electron chi connectivity index (χ3n) is 12.3. The van der Waals surface area contributed by atoms with Crippen molar-refractivity contribution in [3.05, 3.63) is 206 Å². The summed E-state index contributed by atoms with van der Waals surface area (Å²) in [7, 11) is 0. The van der Waals surface area contributed by atoms with Gasteiger partial charge in [0.15, 0.2) is 0 Å². The summed E-state index contributed by atoms with van der Waals surface area (Å²) >= 11 is 0. The highest BCUT2D eigenvalue weighted by Crippen LogP contribution is 2.45. The standard InChI is InChI=1S/C54H34N4/c1-3-14-35(15-4-1)56-48-23-10-8-19-41(48)45-32-37(26-29-51(45)56)55(38-27-30-52-46(33-38)42-20-9-11-24-49(42)57(52)36-16-5-2-6-17-36)39-28-31-53-47(34-39)44-22-13-21-43-40-18-7-12-25-50(40)58(53)54(43)44/h1-34H. The van der Waals surface area contributed by atoms with Crippen molar-refractivity contribution in [2.45, 2.75) is 0 Å². The fraction of sp³-hybridized carbons (Fsp3) is 0. The van der Waals surface area contributed by atoms with Crippen LogP contribution in [0.1, 0.15) is 0 Å². The molecule has 9 aromatic carbocycles. The fourth-order valence-electron chi connectivity index (χ4n) is 9.92. The topological polar surface area (TPSA) is 17.5 Å². The van der Waals surface area contributed by atoms with E-state index in [1.165, 1.54) is 81.7 Å². The summed E-state index contributed by atoms with van der Waals surface area (Å²) < 4.78 is 7.23. The van der Waals surface area contributed by atoms with Gasteiger partial charge in [-0.3, -0.25) is 0 Å². The first kappa shape index (κ1) is 31.4. The highest BCUT2D eigenvalue weighted by atomic mass is 15.1. The third-order valence-corrected chi connectivity index (χ3v) is 12.3. The Bertz CT molecular complexity index is 3580. The molecule has 0 saturated carbocycles. The van der Waals surface area contributed by atoms with Crippen molar-refractivity contribution in [3.63, 3.8) is 0 Å². The lowest BCUT2D eigenvalue weighted by Gasteiger charge is -2.26. The molecule has 0 aliphatic heterocycles. The number of anilines is 3. The SMILES string of the molecule is c1ccc(-n2c3ccccc3c3cc(N(c4ccc5c(c4)c4ccccc4n5-c4ccccc4)c4ccc5c(c4)c4cccc6c7ccccc7n5c64)ccc32)cc1. The van der Waals surface area contributed by atoms with Crippen molar-refractivity contribution in [3.8, 4) is 11.4 Å². The molecule has 0 radical (unpaired) electrons. The van der Waals surface area contributed by atoms with Crippen LogP contribution in [-0.2, 0) is 0 Å². The summed E-state index contributed by atoms with van der Waals surface area (Å²) in [5, 5.41) is 10.0. The number of fused-ring (bicyclic) bond motifs is 12. The van der Waals surface area contributed by atoms with E-state index >= 15 is 0 Å². The van der Waals surface area contributed by atoms with Gasteiger partial charge < -0.3 is 18.4 Å². The molecule has 4 nitrogen and oxygen atoms in total. The van der Waals surface area contributed by atoms with Crippen LogP contribution in [0.15, 0.2) is 206 Å². The molecule has 13 aromatic rings. The zero-order valence-corrected chi connectivity index (χ0v) is 31.4. The Morgan fingerprint density at radius 1 is 0.259 bits per heavy atom. The molecular weight excluding hydrogens is 705 g/mol. The monoisotopic (exact) mass is 738 g/mol. The maximum atomic E-state index is 2.46. The van der Waals surface area contributed by atoms with Crippen molar-refractivity contribution in [1.29, 1.82) is 0 Å². The van der Waals surface area contributed by atoms with Crippen LogP contribution in [0.4, 0.5) is 17.1 Å².